The Balaban J connectivity index is 2.23. The Morgan fingerprint density at radius 2 is 2.07 bits per heavy atom. The number of hydrogen-bond donors (Lipinski definition) is 0. The fourth-order valence-corrected chi connectivity index (χ4v) is 2.51. The molecule has 0 aliphatic carbocycles. The molecule has 0 saturated carbocycles. The van der Waals surface area contributed by atoms with Gasteiger partial charge in [0.1, 0.15) is 0 Å². The van der Waals surface area contributed by atoms with Crippen molar-refractivity contribution >= 4 is 12.2 Å². The predicted octanol–water partition coefficient (Wildman–Crippen LogP) is 3.01. The fourth-order valence-electron chi connectivity index (χ4n) is 2.17. The lowest BCUT2D eigenvalue weighted by atomic mass is 10.2. The molecule has 1 aromatic heterocycles. The van der Waals surface area contributed by atoms with Crippen molar-refractivity contribution in [1.82, 2.24) is 4.57 Å². The number of hydrogen-bond acceptors (Lipinski definition) is 2. The van der Waals surface area contributed by atoms with E-state index in [1.165, 1.54) is 24.2 Å². The van der Waals surface area contributed by atoms with Crippen molar-refractivity contribution in [3.8, 4) is 0 Å². The molecular weight excluding hydrogens is 206 g/mol. The zero-order chi connectivity index (χ0) is 10.8. The highest BCUT2D eigenvalue weighted by molar-refractivity contribution is 7.71. The van der Waals surface area contributed by atoms with Gasteiger partial charge in [-0.3, -0.25) is 0 Å². The van der Waals surface area contributed by atoms with Crippen molar-refractivity contribution < 1.29 is 4.74 Å². The summed E-state index contributed by atoms with van der Waals surface area (Å²) in [5, 5.41) is 0. The number of ether oxygens (including phenoxy) is 1. The highest BCUT2D eigenvalue weighted by Gasteiger charge is 2.16. The zero-order valence-corrected chi connectivity index (χ0v) is 10.1. The first kappa shape index (κ1) is 10.8. The molecule has 3 heteroatoms. The first-order chi connectivity index (χ1) is 7.16. The van der Waals surface area contributed by atoms with Crippen molar-refractivity contribution in [1.29, 1.82) is 0 Å². The molecule has 0 spiro atoms. The van der Waals surface area contributed by atoms with Crippen molar-refractivity contribution in [3.05, 3.63) is 28.0 Å². The largest absolute Gasteiger partial charge is 0.376 e. The van der Waals surface area contributed by atoms with Gasteiger partial charge in [-0.2, -0.15) is 0 Å². The van der Waals surface area contributed by atoms with Crippen LogP contribution in [0.1, 0.15) is 24.2 Å². The van der Waals surface area contributed by atoms with Crippen LogP contribution in [0.15, 0.2) is 12.1 Å². The summed E-state index contributed by atoms with van der Waals surface area (Å²) in [6.45, 7) is 6.10. The molecular formula is C12H17NOS. The first-order valence-electron chi connectivity index (χ1n) is 5.46. The van der Waals surface area contributed by atoms with E-state index >= 15 is 0 Å². The summed E-state index contributed by atoms with van der Waals surface area (Å²) in [6.07, 6.45) is 2.77. The van der Waals surface area contributed by atoms with Gasteiger partial charge in [-0.1, -0.05) is 12.2 Å². The van der Waals surface area contributed by atoms with Gasteiger partial charge in [-0.25, -0.2) is 0 Å². The highest BCUT2D eigenvalue weighted by atomic mass is 32.1. The fraction of sp³-hybridized carbons (Fsp3) is 0.583. The minimum atomic E-state index is 0.392. The average molecular weight is 223 g/mol. The molecule has 1 fully saturated rings. The van der Waals surface area contributed by atoms with Gasteiger partial charge in [0.2, 0.25) is 0 Å². The van der Waals surface area contributed by atoms with E-state index in [0.29, 0.717) is 6.10 Å². The standard InChI is InChI=1S/C12H17NOS/c1-9-6-12(15)7-10(2)13(9)8-11-4-3-5-14-11/h6-7,11H,3-5,8H2,1-2H3. The maximum atomic E-state index is 5.65. The second-order valence-corrected chi connectivity index (χ2v) is 4.69. The van der Waals surface area contributed by atoms with Crippen LogP contribution < -0.4 is 0 Å². The van der Waals surface area contributed by atoms with Gasteiger partial charge >= 0.3 is 0 Å². The van der Waals surface area contributed by atoms with E-state index in [2.05, 4.69) is 30.5 Å². The molecule has 1 aliphatic rings. The van der Waals surface area contributed by atoms with Crippen molar-refractivity contribution in [3.63, 3.8) is 0 Å². The number of pyridine rings is 1. The monoisotopic (exact) mass is 223 g/mol. The van der Waals surface area contributed by atoms with E-state index in [-0.39, 0.29) is 0 Å². The molecule has 0 N–H and O–H groups in total. The van der Waals surface area contributed by atoms with Gasteiger partial charge in [0.25, 0.3) is 0 Å². The Bertz CT molecular complexity index is 378. The molecule has 0 amide bonds. The van der Waals surface area contributed by atoms with Crippen LogP contribution in [-0.4, -0.2) is 17.3 Å². The van der Waals surface area contributed by atoms with Gasteiger partial charge in [0, 0.05) is 29.0 Å². The van der Waals surface area contributed by atoms with Crippen molar-refractivity contribution in [2.24, 2.45) is 0 Å². The Morgan fingerprint density at radius 1 is 1.40 bits per heavy atom. The lowest BCUT2D eigenvalue weighted by molar-refractivity contribution is 0.0959. The molecule has 82 valence electrons. The molecule has 2 heterocycles. The molecule has 0 radical (unpaired) electrons. The number of aryl methyl sites for hydroxylation is 2. The molecule has 2 nitrogen and oxygen atoms in total. The van der Waals surface area contributed by atoms with Crippen LogP contribution in [0.4, 0.5) is 0 Å². The third kappa shape index (κ3) is 2.47. The molecule has 0 aromatic carbocycles. The molecule has 15 heavy (non-hydrogen) atoms. The van der Waals surface area contributed by atoms with Crippen LogP contribution >= 0.6 is 12.2 Å². The molecule has 1 aliphatic heterocycles. The van der Waals surface area contributed by atoms with Crippen molar-refractivity contribution in [2.75, 3.05) is 6.61 Å². The zero-order valence-electron chi connectivity index (χ0n) is 9.32. The summed E-state index contributed by atoms with van der Waals surface area (Å²) in [4.78, 5) is 0. The molecule has 1 atom stereocenters. The quantitative estimate of drug-likeness (QED) is 0.715. The van der Waals surface area contributed by atoms with Crippen LogP contribution in [0.3, 0.4) is 0 Å². The van der Waals surface area contributed by atoms with Gasteiger partial charge in [-0.05, 0) is 38.8 Å². The summed E-state index contributed by atoms with van der Waals surface area (Å²) < 4.78 is 8.87. The predicted molar refractivity (Wildman–Crippen MR) is 63.7 cm³/mol. The van der Waals surface area contributed by atoms with E-state index in [9.17, 15) is 0 Å². The Hall–Kier alpha value is -0.670. The van der Waals surface area contributed by atoms with E-state index in [1.807, 2.05) is 0 Å². The van der Waals surface area contributed by atoms with E-state index < -0.39 is 0 Å². The van der Waals surface area contributed by atoms with Gasteiger partial charge in [0.15, 0.2) is 0 Å². The van der Waals surface area contributed by atoms with E-state index in [0.717, 1.165) is 17.7 Å². The van der Waals surface area contributed by atoms with E-state index in [4.69, 9.17) is 17.0 Å². The normalized spacial score (nSPS) is 20.8. The second-order valence-electron chi connectivity index (χ2n) is 4.22. The summed E-state index contributed by atoms with van der Waals surface area (Å²) in [6, 6.07) is 4.11. The topological polar surface area (TPSA) is 14.2 Å². The van der Waals surface area contributed by atoms with Crippen LogP contribution in [-0.2, 0) is 11.3 Å². The van der Waals surface area contributed by atoms with E-state index in [1.54, 1.807) is 0 Å². The smallest absolute Gasteiger partial charge is 0.0754 e. The number of nitrogens with zero attached hydrogens (tertiary/aromatic N) is 1. The minimum Gasteiger partial charge on any atom is -0.376 e. The third-order valence-corrected chi connectivity index (χ3v) is 3.20. The summed E-state index contributed by atoms with van der Waals surface area (Å²) >= 11 is 5.18. The lowest BCUT2D eigenvalue weighted by Gasteiger charge is -2.18. The minimum absolute atomic E-state index is 0.392. The maximum absolute atomic E-state index is 5.65. The maximum Gasteiger partial charge on any atom is 0.0754 e. The molecule has 1 saturated heterocycles. The van der Waals surface area contributed by atoms with Crippen LogP contribution in [0, 0.1) is 18.4 Å². The molecule has 1 unspecified atom stereocenters. The van der Waals surface area contributed by atoms with Gasteiger partial charge in [-0.15, -0.1) is 0 Å². The highest BCUT2D eigenvalue weighted by Crippen LogP contribution is 2.16. The number of rotatable bonds is 2. The van der Waals surface area contributed by atoms with Gasteiger partial charge < -0.3 is 9.30 Å². The van der Waals surface area contributed by atoms with Crippen LogP contribution in [0.5, 0.6) is 0 Å². The SMILES string of the molecule is Cc1cc(=S)cc(C)n1CC1CCCO1. The Morgan fingerprint density at radius 3 is 2.60 bits per heavy atom. The van der Waals surface area contributed by atoms with Crippen molar-refractivity contribution in [2.45, 2.75) is 39.3 Å². The van der Waals surface area contributed by atoms with Gasteiger partial charge in [0.05, 0.1) is 6.10 Å². The third-order valence-electron chi connectivity index (χ3n) is 2.96. The van der Waals surface area contributed by atoms with Crippen LogP contribution in [0.2, 0.25) is 0 Å². The van der Waals surface area contributed by atoms with Crippen LogP contribution in [0.25, 0.3) is 0 Å². The Kier molecular flexibility index (Phi) is 3.22. The summed E-state index contributed by atoms with van der Waals surface area (Å²) in [5.41, 5.74) is 2.46. The lowest BCUT2D eigenvalue weighted by Crippen LogP contribution is -2.18. The second kappa shape index (κ2) is 4.45. The first-order valence-corrected chi connectivity index (χ1v) is 5.87. The average Bonchev–Trinajstić information content (AvgIpc) is 2.63. The molecule has 1 aromatic rings. The molecule has 0 bridgehead atoms. The molecule has 2 rings (SSSR count). The summed E-state index contributed by atoms with van der Waals surface area (Å²) in [7, 11) is 0. The number of aromatic nitrogens is 1. The summed E-state index contributed by atoms with van der Waals surface area (Å²) in [5.74, 6) is 0. The Labute approximate surface area is 95.9 Å².